The number of hydrogen-bond donors (Lipinski definition) is 3. The molecule has 5 nitrogen and oxygen atoms in total. The van der Waals surface area contributed by atoms with Crippen LogP contribution < -0.4 is 10.6 Å². The molecule has 3 N–H and O–H groups in total. The average molecular weight is 238 g/mol. The summed E-state index contributed by atoms with van der Waals surface area (Å²) in [6, 6.07) is 0. The molecule has 96 valence electrons. The molecule has 0 amide bonds. The maximum Gasteiger partial charge on any atom is 0.134 e. The lowest BCUT2D eigenvalue weighted by Crippen LogP contribution is -2.20. The largest absolute Gasteiger partial charge is 0.391 e. The fourth-order valence-corrected chi connectivity index (χ4v) is 1.76. The second-order valence-corrected chi connectivity index (χ2v) is 3.98. The van der Waals surface area contributed by atoms with Gasteiger partial charge < -0.3 is 15.7 Å². The number of hydrogen-bond acceptors (Lipinski definition) is 5. The van der Waals surface area contributed by atoms with E-state index in [0.717, 1.165) is 36.5 Å². The number of rotatable bonds is 7. The highest BCUT2D eigenvalue weighted by atomic mass is 16.3. The van der Waals surface area contributed by atoms with Gasteiger partial charge in [0.05, 0.1) is 6.10 Å². The first-order chi connectivity index (χ1) is 8.22. The molecule has 1 rings (SSSR count). The van der Waals surface area contributed by atoms with Gasteiger partial charge in [0.2, 0.25) is 0 Å². The molecule has 1 atom stereocenters. The minimum Gasteiger partial charge on any atom is -0.391 e. The van der Waals surface area contributed by atoms with Crippen molar-refractivity contribution in [1.82, 2.24) is 9.97 Å². The van der Waals surface area contributed by atoms with Crippen molar-refractivity contribution in [3.8, 4) is 0 Å². The van der Waals surface area contributed by atoms with E-state index >= 15 is 0 Å². The summed E-state index contributed by atoms with van der Waals surface area (Å²) in [5.41, 5.74) is 1.05. The van der Waals surface area contributed by atoms with Crippen LogP contribution in [0.5, 0.6) is 0 Å². The Morgan fingerprint density at radius 3 is 2.59 bits per heavy atom. The molecule has 0 radical (unpaired) electrons. The Hall–Kier alpha value is -1.36. The predicted molar refractivity (Wildman–Crippen MR) is 70.4 cm³/mol. The van der Waals surface area contributed by atoms with Crippen LogP contribution in [0.15, 0.2) is 6.33 Å². The van der Waals surface area contributed by atoms with Crippen molar-refractivity contribution < 1.29 is 5.11 Å². The molecule has 1 heterocycles. The fourth-order valence-electron chi connectivity index (χ4n) is 1.76. The highest BCUT2D eigenvalue weighted by Crippen LogP contribution is 2.19. The van der Waals surface area contributed by atoms with Gasteiger partial charge in [0.1, 0.15) is 18.0 Å². The summed E-state index contributed by atoms with van der Waals surface area (Å²) in [5, 5.41) is 15.9. The van der Waals surface area contributed by atoms with Crippen molar-refractivity contribution in [3.05, 3.63) is 11.9 Å². The van der Waals surface area contributed by atoms with Crippen LogP contribution in [0.25, 0.3) is 0 Å². The molecular weight excluding hydrogens is 216 g/mol. The SMILES string of the molecule is CCCC(O)CNc1ncnc(NC)c1CC. The molecule has 0 saturated carbocycles. The minimum absolute atomic E-state index is 0.322. The van der Waals surface area contributed by atoms with Gasteiger partial charge in [0, 0.05) is 19.2 Å². The second kappa shape index (κ2) is 7.06. The van der Waals surface area contributed by atoms with E-state index in [9.17, 15) is 5.11 Å². The van der Waals surface area contributed by atoms with Gasteiger partial charge in [-0.1, -0.05) is 20.3 Å². The second-order valence-electron chi connectivity index (χ2n) is 3.98. The molecule has 0 saturated heterocycles. The zero-order chi connectivity index (χ0) is 12.7. The first-order valence-electron chi connectivity index (χ1n) is 6.16. The third-order valence-corrected chi connectivity index (χ3v) is 2.66. The molecule has 0 aliphatic carbocycles. The lowest BCUT2D eigenvalue weighted by molar-refractivity contribution is 0.176. The topological polar surface area (TPSA) is 70.1 Å². The first-order valence-corrected chi connectivity index (χ1v) is 6.16. The van der Waals surface area contributed by atoms with Crippen molar-refractivity contribution in [2.45, 2.75) is 39.2 Å². The molecule has 0 spiro atoms. The standard InChI is InChI=1S/C12H22N4O/c1-4-6-9(17)7-14-12-10(5-2)11(13-3)15-8-16-12/h8-9,17H,4-7H2,1-3H3,(H2,13,14,15,16). The van der Waals surface area contributed by atoms with Crippen molar-refractivity contribution in [3.63, 3.8) is 0 Å². The Morgan fingerprint density at radius 2 is 2.00 bits per heavy atom. The van der Waals surface area contributed by atoms with Crippen molar-refractivity contribution in [2.24, 2.45) is 0 Å². The molecule has 1 aromatic rings. The molecule has 0 aliphatic heterocycles. The highest BCUT2D eigenvalue weighted by Gasteiger charge is 2.09. The average Bonchev–Trinajstić information content (AvgIpc) is 2.36. The van der Waals surface area contributed by atoms with Gasteiger partial charge in [0.15, 0.2) is 0 Å². The van der Waals surface area contributed by atoms with Crippen LogP contribution in [0.2, 0.25) is 0 Å². The predicted octanol–water partition coefficient (Wildman–Crippen LogP) is 1.65. The van der Waals surface area contributed by atoms with Gasteiger partial charge >= 0.3 is 0 Å². The molecule has 0 aromatic carbocycles. The molecule has 1 aromatic heterocycles. The van der Waals surface area contributed by atoms with E-state index in [1.165, 1.54) is 6.33 Å². The Morgan fingerprint density at radius 1 is 1.29 bits per heavy atom. The van der Waals surface area contributed by atoms with Crippen LogP contribution in [0, 0.1) is 0 Å². The van der Waals surface area contributed by atoms with E-state index in [-0.39, 0.29) is 6.10 Å². The van der Waals surface area contributed by atoms with E-state index in [4.69, 9.17) is 0 Å². The third-order valence-electron chi connectivity index (χ3n) is 2.66. The Labute approximate surface area is 103 Å². The van der Waals surface area contributed by atoms with E-state index < -0.39 is 0 Å². The van der Waals surface area contributed by atoms with E-state index in [0.29, 0.717) is 6.54 Å². The van der Waals surface area contributed by atoms with Gasteiger partial charge in [-0.05, 0) is 12.8 Å². The summed E-state index contributed by atoms with van der Waals surface area (Å²) >= 11 is 0. The highest BCUT2D eigenvalue weighted by molar-refractivity contribution is 5.57. The van der Waals surface area contributed by atoms with Crippen molar-refractivity contribution >= 4 is 11.6 Å². The Bertz CT molecular complexity index is 343. The zero-order valence-corrected chi connectivity index (χ0v) is 10.8. The summed E-state index contributed by atoms with van der Waals surface area (Å²) < 4.78 is 0. The van der Waals surface area contributed by atoms with E-state index in [1.54, 1.807) is 0 Å². The molecular formula is C12H22N4O. The number of aromatic nitrogens is 2. The smallest absolute Gasteiger partial charge is 0.134 e. The van der Waals surface area contributed by atoms with Gasteiger partial charge in [-0.2, -0.15) is 0 Å². The number of nitrogens with zero attached hydrogens (tertiary/aromatic N) is 2. The van der Waals surface area contributed by atoms with Crippen molar-refractivity contribution in [1.29, 1.82) is 0 Å². The summed E-state index contributed by atoms with van der Waals surface area (Å²) in [6.45, 7) is 4.65. The normalized spacial score (nSPS) is 12.2. The van der Waals surface area contributed by atoms with Gasteiger partial charge in [-0.15, -0.1) is 0 Å². The molecule has 1 unspecified atom stereocenters. The summed E-state index contributed by atoms with van der Waals surface area (Å²) in [7, 11) is 1.84. The minimum atomic E-state index is -0.322. The maximum absolute atomic E-state index is 9.68. The monoisotopic (exact) mass is 238 g/mol. The quantitative estimate of drug-likeness (QED) is 0.674. The molecule has 0 fully saturated rings. The Balaban J connectivity index is 2.70. The summed E-state index contributed by atoms with van der Waals surface area (Å²) in [5.74, 6) is 1.65. The van der Waals surface area contributed by atoms with Crippen LogP contribution in [0.1, 0.15) is 32.3 Å². The van der Waals surface area contributed by atoms with Crippen LogP contribution in [-0.2, 0) is 6.42 Å². The molecule has 5 heteroatoms. The van der Waals surface area contributed by atoms with Gasteiger partial charge in [0.25, 0.3) is 0 Å². The number of aliphatic hydroxyl groups excluding tert-OH is 1. The lowest BCUT2D eigenvalue weighted by Gasteiger charge is -2.15. The maximum atomic E-state index is 9.68. The first kappa shape index (κ1) is 13.7. The lowest BCUT2D eigenvalue weighted by atomic mass is 10.2. The fraction of sp³-hybridized carbons (Fsp3) is 0.667. The number of aliphatic hydroxyl groups is 1. The summed E-state index contributed by atoms with van der Waals surface area (Å²) in [4.78, 5) is 8.38. The Kier molecular flexibility index (Phi) is 5.69. The number of nitrogens with one attached hydrogen (secondary N) is 2. The van der Waals surface area contributed by atoms with E-state index in [1.807, 2.05) is 7.05 Å². The zero-order valence-electron chi connectivity index (χ0n) is 10.8. The molecule has 17 heavy (non-hydrogen) atoms. The van der Waals surface area contributed by atoms with Gasteiger partial charge in [-0.25, -0.2) is 9.97 Å². The number of anilines is 2. The summed E-state index contributed by atoms with van der Waals surface area (Å²) in [6.07, 6.45) is 3.84. The van der Waals surface area contributed by atoms with Crippen LogP contribution in [0.3, 0.4) is 0 Å². The molecule has 0 aliphatic rings. The van der Waals surface area contributed by atoms with Crippen LogP contribution in [0.4, 0.5) is 11.6 Å². The van der Waals surface area contributed by atoms with Crippen molar-refractivity contribution in [2.75, 3.05) is 24.2 Å². The van der Waals surface area contributed by atoms with E-state index in [2.05, 4.69) is 34.4 Å². The third kappa shape index (κ3) is 3.85. The molecule has 0 bridgehead atoms. The van der Waals surface area contributed by atoms with Crippen LogP contribution in [-0.4, -0.2) is 34.8 Å². The van der Waals surface area contributed by atoms with Crippen LogP contribution >= 0.6 is 0 Å². The van der Waals surface area contributed by atoms with Gasteiger partial charge in [-0.3, -0.25) is 0 Å².